The van der Waals surface area contributed by atoms with Crippen LogP contribution in [-0.2, 0) is 24.7 Å². The highest BCUT2D eigenvalue weighted by atomic mass is 32.2. The van der Waals surface area contributed by atoms with E-state index in [9.17, 15) is 21.6 Å². The van der Waals surface area contributed by atoms with E-state index in [1.165, 1.54) is 6.07 Å². The third-order valence-electron chi connectivity index (χ3n) is 3.87. The van der Waals surface area contributed by atoms with Gasteiger partial charge in [-0.15, -0.1) is 0 Å². The molecule has 0 aliphatic heterocycles. The van der Waals surface area contributed by atoms with Crippen molar-refractivity contribution in [3.8, 4) is 0 Å². The van der Waals surface area contributed by atoms with Crippen LogP contribution in [0.4, 0.5) is 11.4 Å². The van der Waals surface area contributed by atoms with E-state index in [2.05, 4.69) is 10.0 Å². The molecular formula is C15H22N2O5S2. The minimum atomic E-state index is -3.40. The molecule has 0 aromatic heterocycles. The lowest BCUT2D eigenvalue weighted by Crippen LogP contribution is -2.24. The molecule has 2 N–H and O–H groups in total. The molecule has 0 radical (unpaired) electrons. The summed E-state index contributed by atoms with van der Waals surface area (Å²) in [6, 6.07) is 6.24. The summed E-state index contributed by atoms with van der Waals surface area (Å²) in [5, 5.41) is 2.28. The summed E-state index contributed by atoms with van der Waals surface area (Å²) in [5.41, 5.74) is 0.737. The Morgan fingerprint density at radius 1 is 1.12 bits per heavy atom. The average Bonchev–Trinajstić information content (AvgIpc) is 2.99. The molecule has 1 aromatic carbocycles. The molecule has 0 spiro atoms. The second kappa shape index (κ2) is 7.52. The number of rotatable bonds is 7. The molecule has 0 bridgehead atoms. The van der Waals surface area contributed by atoms with Crippen molar-refractivity contribution in [1.29, 1.82) is 0 Å². The molecule has 0 atom stereocenters. The lowest BCUT2D eigenvalue weighted by molar-refractivity contribution is -0.115. The van der Waals surface area contributed by atoms with Crippen LogP contribution in [0.5, 0.6) is 0 Å². The Morgan fingerprint density at radius 2 is 1.75 bits per heavy atom. The van der Waals surface area contributed by atoms with Crippen molar-refractivity contribution >= 4 is 37.1 Å². The molecule has 134 valence electrons. The predicted molar refractivity (Wildman–Crippen MR) is 94.2 cm³/mol. The fraction of sp³-hybridized carbons (Fsp3) is 0.533. The number of sulfonamides is 1. The Hall–Kier alpha value is -1.61. The van der Waals surface area contributed by atoms with Crippen LogP contribution in [0, 0.1) is 0 Å². The number of carbonyl (C=O) groups is 1. The van der Waals surface area contributed by atoms with Gasteiger partial charge in [-0.3, -0.25) is 9.52 Å². The molecule has 2 rings (SSSR count). The van der Waals surface area contributed by atoms with E-state index >= 15 is 0 Å². The second-order valence-electron chi connectivity index (χ2n) is 6.03. The molecular weight excluding hydrogens is 352 g/mol. The number of anilines is 2. The van der Waals surface area contributed by atoms with Crippen molar-refractivity contribution in [3.05, 3.63) is 24.3 Å². The molecule has 0 saturated heterocycles. The van der Waals surface area contributed by atoms with E-state index < -0.39 is 25.8 Å². The number of carbonyl (C=O) groups excluding carboxylic acids is 1. The summed E-state index contributed by atoms with van der Waals surface area (Å²) in [6.07, 6.45) is 4.15. The van der Waals surface area contributed by atoms with Crippen LogP contribution < -0.4 is 10.0 Å². The first-order valence-electron chi connectivity index (χ1n) is 7.75. The summed E-state index contributed by atoms with van der Waals surface area (Å²) < 4.78 is 49.0. The van der Waals surface area contributed by atoms with Crippen LogP contribution in [0.15, 0.2) is 24.3 Å². The number of amides is 1. The standard InChI is InChI=1S/C15H22N2O5S2/c1-23(19,20)17-13-6-4-5-12(11-13)16-15(18)9-10-24(21,22)14-7-2-3-8-14/h4-6,11,14,17H,2-3,7-10H2,1H3,(H,16,18). The van der Waals surface area contributed by atoms with Crippen LogP contribution in [-0.4, -0.2) is 40.0 Å². The zero-order chi connectivity index (χ0) is 17.8. The van der Waals surface area contributed by atoms with Crippen LogP contribution in [0.2, 0.25) is 0 Å². The van der Waals surface area contributed by atoms with Crippen molar-refractivity contribution in [3.63, 3.8) is 0 Å². The van der Waals surface area contributed by atoms with Gasteiger partial charge in [0.25, 0.3) is 0 Å². The lowest BCUT2D eigenvalue weighted by Gasteiger charge is -2.11. The third kappa shape index (κ3) is 5.79. The van der Waals surface area contributed by atoms with Crippen LogP contribution in [0.1, 0.15) is 32.1 Å². The van der Waals surface area contributed by atoms with Gasteiger partial charge >= 0.3 is 0 Å². The van der Waals surface area contributed by atoms with Gasteiger partial charge in [0.1, 0.15) is 0 Å². The molecule has 1 aliphatic carbocycles. The first-order chi connectivity index (χ1) is 11.2. The van der Waals surface area contributed by atoms with Gasteiger partial charge < -0.3 is 5.32 Å². The molecule has 0 unspecified atom stereocenters. The van der Waals surface area contributed by atoms with Crippen molar-refractivity contribution in [1.82, 2.24) is 0 Å². The van der Waals surface area contributed by atoms with E-state index in [-0.39, 0.29) is 17.4 Å². The van der Waals surface area contributed by atoms with Gasteiger partial charge in [0, 0.05) is 12.1 Å². The first kappa shape index (κ1) is 18.7. The van der Waals surface area contributed by atoms with E-state index in [0.717, 1.165) is 19.1 Å². The van der Waals surface area contributed by atoms with Gasteiger partial charge in [0.05, 0.1) is 22.9 Å². The highest BCUT2D eigenvalue weighted by molar-refractivity contribution is 7.92. The van der Waals surface area contributed by atoms with E-state index in [4.69, 9.17) is 0 Å². The van der Waals surface area contributed by atoms with Crippen molar-refractivity contribution in [2.24, 2.45) is 0 Å². The summed E-state index contributed by atoms with van der Waals surface area (Å²) >= 11 is 0. The maximum atomic E-state index is 12.1. The molecule has 1 aromatic rings. The molecule has 24 heavy (non-hydrogen) atoms. The molecule has 1 amide bonds. The van der Waals surface area contributed by atoms with Crippen LogP contribution >= 0.6 is 0 Å². The number of hydrogen-bond donors (Lipinski definition) is 2. The van der Waals surface area contributed by atoms with Gasteiger partial charge in [-0.2, -0.15) is 0 Å². The highest BCUT2D eigenvalue weighted by Gasteiger charge is 2.28. The normalized spacial score (nSPS) is 16.0. The van der Waals surface area contributed by atoms with Gasteiger partial charge in [-0.05, 0) is 31.0 Å². The van der Waals surface area contributed by atoms with Crippen molar-refractivity contribution < 1.29 is 21.6 Å². The fourth-order valence-electron chi connectivity index (χ4n) is 2.75. The topological polar surface area (TPSA) is 109 Å². The Labute approximate surface area is 142 Å². The average molecular weight is 374 g/mol. The van der Waals surface area contributed by atoms with Gasteiger partial charge in [-0.25, -0.2) is 16.8 Å². The Morgan fingerprint density at radius 3 is 2.38 bits per heavy atom. The molecule has 1 saturated carbocycles. The minimum Gasteiger partial charge on any atom is -0.326 e. The Kier molecular flexibility index (Phi) is 5.87. The van der Waals surface area contributed by atoms with Crippen molar-refractivity contribution in [2.45, 2.75) is 37.4 Å². The van der Waals surface area contributed by atoms with Crippen molar-refractivity contribution in [2.75, 3.05) is 22.0 Å². The maximum absolute atomic E-state index is 12.1. The second-order valence-corrected chi connectivity index (χ2v) is 10.2. The molecule has 1 aliphatic rings. The van der Waals surface area contributed by atoms with Crippen LogP contribution in [0.3, 0.4) is 0 Å². The van der Waals surface area contributed by atoms with E-state index in [1.807, 2.05) is 0 Å². The number of benzene rings is 1. The van der Waals surface area contributed by atoms with Gasteiger partial charge in [-0.1, -0.05) is 18.9 Å². The lowest BCUT2D eigenvalue weighted by atomic mass is 10.3. The smallest absolute Gasteiger partial charge is 0.229 e. The highest BCUT2D eigenvalue weighted by Crippen LogP contribution is 2.25. The SMILES string of the molecule is CS(=O)(=O)Nc1cccc(NC(=O)CCS(=O)(=O)C2CCCC2)c1. The summed E-state index contributed by atoms with van der Waals surface area (Å²) in [6.45, 7) is 0. The number of sulfone groups is 1. The molecule has 9 heteroatoms. The number of nitrogens with one attached hydrogen (secondary N) is 2. The first-order valence-corrected chi connectivity index (χ1v) is 11.4. The van der Waals surface area contributed by atoms with Gasteiger partial charge in [0.15, 0.2) is 9.84 Å². The zero-order valence-corrected chi connectivity index (χ0v) is 15.1. The largest absolute Gasteiger partial charge is 0.326 e. The molecule has 1 fully saturated rings. The fourth-order valence-corrected chi connectivity index (χ4v) is 5.16. The summed E-state index contributed by atoms with van der Waals surface area (Å²) in [7, 11) is -6.64. The minimum absolute atomic E-state index is 0.109. The van der Waals surface area contributed by atoms with E-state index in [0.29, 0.717) is 24.2 Å². The number of hydrogen-bond acceptors (Lipinski definition) is 5. The monoisotopic (exact) mass is 374 g/mol. The molecule has 0 heterocycles. The quantitative estimate of drug-likeness (QED) is 0.755. The predicted octanol–water partition coefficient (Wildman–Crippen LogP) is 1.74. The van der Waals surface area contributed by atoms with Gasteiger partial charge in [0.2, 0.25) is 15.9 Å². The Bertz CT molecular complexity index is 797. The third-order valence-corrected chi connectivity index (χ3v) is 6.74. The summed E-state index contributed by atoms with van der Waals surface area (Å²) in [5.74, 6) is -0.571. The maximum Gasteiger partial charge on any atom is 0.229 e. The van der Waals surface area contributed by atoms with E-state index in [1.54, 1.807) is 18.2 Å². The molecule has 7 nitrogen and oxygen atoms in total. The van der Waals surface area contributed by atoms with Crippen LogP contribution in [0.25, 0.3) is 0 Å². The zero-order valence-electron chi connectivity index (χ0n) is 13.5. The Balaban J connectivity index is 1.91. The summed E-state index contributed by atoms with van der Waals surface area (Å²) in [4.78, 5) is 12.0.